The molecule has 1 aromatic heterocycles. The summed E-state index contributed by atoms with van der Waals surface area (Å²) in [6.45, 7) is 0.766. The smallest absolute Gasteiger partial charge is 0.107 e. The lowest BCUT2D eigenvalue weighted by Gasteiger charge is -2.12. The normalized spacial score (nSPS) is 10.4. The van der Waals surface area contributed by atoms with Crippen molar-refractivity contribution in [2.45, 2.75) is 6.42 Å². The van der Waals surface area contributed by atoms with Gasteiger partial charge in [-0.25, -0.2) is 0 Å². The summed E-state index contributed by atoms with van der Waals surface area (Å²) >= 11 is 11.1. The van der Waals surface area contributed by atoms with Gasteiger partial charge >= 0.3 is 0 Å². The lowest BCUT2D eigenvalue weighted by Crippen LogP contribution is -2.15. The quantitative estimate of drug-likeness (QED) is 0.831. The molecule has 0 bridgehead atoms. The van der Waals surface area contributed by atoms with Crippen LogP contribution in [-0.2, 0) is 13.5 Å². The van der Waals surface area contributed by atoms with Crippen molar-refractivity contribution >= 4 is 34.5 Å². The molecule has 4 nitrogen and oxygen atoms in total. The second kappa shape index (κ2) is 6.04. The summed E-state index contributed by atoms with van der Waals surface area (Å²) in [4.78, 5) is 0.300. The largest absolute Gasteiger partial charge is 0.389 e. The number of nitrogens with one attached hydrogen (secondary N) is 1. The van der Waals surface area contributed by atoms with Crippen LogP contribution in [0.25, 0.3) is 0 Å². The molecular formula is C13H15ClN4S. The molecule has 100 valence electrons. The van der Waals surface area contributed by atoms with E-state index in [2.05, 4.69) is 10.4 Å². The van der Waals surface area contributed by atoms with Gasteiger partial charge in [0.25, 0.3) is 0 Å². The second-order valence-corrected chi connectivity index (χ2v) is 5.07. The van der Waals surface area contributed by atoms with Crippen LogP contribution in [-0.4, -0.2) is 21.3 Å². The Kier molecular flexibility index (Phi) is 4.39. The first-order valence-electron chi connectivity index (χ1n) is 5.87. The molecule has 0 amide bonds. The van der Waals surface area contributed by atoms with Crippen molar-refractivity contribution in [3.05, 3.63) is 46.7 Å². The highest BCUT2D eigenvalue weighted by Crippen LogP contribution is 2.24. The third-order valence-electron chi connectivity index (χ3n) is 2.75. The first-order valence-corrected chi connectivity index (χ1v) is 6.66. The van der Waals surface area contributed by atoms with Gasteiger partial charge in [-0.1, -0.05) is 29.9 Å². The number of nitrogens with zero attached hydrogens (tertiary/aromatic N) is 2. The fraction of sp³-hybridized carbons (Fsp3) is 0.231. The van der Waals surface area contributed by atoms with Gasteiger partial charge in [-0.05, 0) is 24.1 Å². The van der Waals surface area contributed by atoms with E-state index in [0.717, 1.165) is 18.7 Å². The third kappa shape index (κ3) is 3.45. The summed E-state index contributed by atoms with van der Waals surface area (Å²) < 4.78 is 1.79. The molecule has 0 unspecified atom stereocenters. The van der Waals surface area contributed by atoms with Crippen LogP contribution in [0.2, 0.25) is 5.02 Å². The first-order chi connectivity index (χ1) is 9.08. The monoisotopic (exact) mass is 294 g/mol. The molecule has 0 spiro atoms. The Morgan fingerprint density at radius 3 is 2.95 bits per heavy atom. The summed E-state index contributed by atoms with van der Waals surface area (Å²) in [6.07, 6.45) is 4.72. The van der Waals surface area contributed by atoms with E-state index in [4.69, 9.17) is 29.6 Å². The maximum absolute atomic E-state index is 6.10. The molecule has 1 heterocycles. The molecule has 6 heteroatoms. The lowest BCUT2D eigenvalue weighted by atomic mass is 10.1. The van der Waals surface area contributed by atoms with Crippen LogP contribution >= 0.6 is 23.8 Å². The summed E-state index contributed by atoms with van der Waals surface area (Å²) in [6, 6.07) is 5.57. The van der Waals surface area contributed by atoms with Gasteiger partial charge in [0.1, 0.15) is 4.99 Å². The minimum atomic E-state index is 0.300. The third-order valence-corrected chi connectivity index (χ3v) is 3.27. The molecule has 19 heavy (non-hydrogen) atoms. The zero-order valence-electron chi connectivity index (χ0n) is 10.6. The molecule has 3 N–H and O–H groups in total. The number of benzene rings is 1. The lowest BCUT2D eigenvalue weighted by molar-refractivity contribution is 0.767. The van der Waals surface area contributed by atoms with Gasteiger partial charge in [-0.3, -0.25) is 4.68 Å². The topological polar surface area (TPSA) is 55.9 Å². The van der Waals surface area contributed by atoms with Crippen molar-refractivity contribution in [1.82, 2.24) is 9.78 Å². The van der Waals surface area contributed by atoms with E-state index in [9.17, 15) is 0 Å². The SMILES string of the molecule is Cn1cc(CCNc2cccc(Cl)c2C(N)=S)cn1. The molecule has 0 aliphatic heterocycles. The average molecular weight is 295 g/mol. The van der Waals surface area contributed by atoms with E-state index in [1.54, 1.807) is 10.7 Å². The van der Waals surface area contributed by atoms with E-state index >= 15 is 0 Å². The van der Waals surface area contributed by atoms with Gasteiger partial charge in [0, 0.05) is 25.5 Å². The van der Waals surface area contributed by atoms with Crippen molar-refractivity contribution in [2.75, 3.05) is 11.9 Å². The average Bonchev–Trinajstić information content (AvgIpc) is 2.74. The number of halogens is 1. The van der Waals surface area contributed by atoms with Crippen LogP contribution in [0, 0.1) is 0 Å². The molecule has 0 atom stereocenters. The van der Waals surface area contributed by atoms with Crippen molar-refractivity contribution in [3.8, 4) is 0 Å². The Bertz CT molecular complexity index is 594. The highest BCUT2D eigenvalue weighted by Gasteiger charge is 2.09. The van der Waals surface area contributed by atoms with E-state index in [1.807, 2.05) is 31.6 Å². The van der Waals surface area contributed by atoms with Gasteiger partial charge < -0.3 is 11.1 Å². The standard InChI is InChI=1S/C13H15ClN4S/c1-18-8-9(7-17-18)5-6-16-11-4-2-3-10(14)12(11)13(15)19/h2-4,7-8,16H,5-6H2,1H3,(H2,15,19). The molecule has 0 saturated carbocycles. The maximum atomic E-state index is 6.10. The molecule has 0 aliphatic carbocycles. The fourth-order valence-electron chi connectivity index (χ4n) is 1.86. The van der Waals surface area contributed by atoms with E-state index in [1.165, 1.54) is 5.56 Å². The van der Waals surface area contributed by atoms with Crippen molar-refractivity contribution in [1.29, 1.82) is 0 Å². The van der Waals surface area contributed by atoms with Crippen LogP contribution in [0.15, 0.2) is 30.6 Å². The highest BCUT2D eigenvalue weighted by atomic mass is 35.5. The Balaban J connectivity index is 2.03. The van der Waals surface area contributed by atoms with Crippen molar-refractivity contribution in [2.24, 2.45) is 12.8 Å². The molecule has 0 aliphatic rings. The molecule has 0 saturated heterocycles. The van der Waals surface area contributed by atoms with Gasteiger partial charge in [-0.2, -0.15) is 5.10 Å². The number of rotatable bonds is 5. The summed E-state index contributed by atoms with van der Waals surface area (Å²) in [5.41, 5.74) is 8.43. The van der Waals surface area contributed by atoms with Gasteiger partial charge in [-0.15, -0.1) is 0 Å². The number of hydrogen-bond acceptors (Lipinski definition) is 3. The molecular weight excluding hydrogens is 280 g/mol. The number of thiocarbonyl (C=S) groups is 1. The fourth-order valence-corrected chi connectivity index (χ4v) is 2.42. The number of anilines is 1. The summed E-state index contributed by atoms with van der Waals surface area (Å²) in [5.74, 6) is 0. The number of hydrogen-bond donors (Lipinski definition) is 2. The van der Waals surface area contributed by atoms with Crippen LogP contribution in [0.5, 0.6) is 0 Å². The molecule has 2 aromatic rings. The first kappa shape index (κ1) is 13.8. The second-order valence-electron chi connectivity index (χ2n) is 4.23. The number of nitrogens with two attached hydrogens (primary N) is 1. The van der Waals surface area contributed by atoms with E-state index in [0.29, 0.717) is 15.6 Å². The summed E-state index contributed by atoms with van der Waals surface area (Å²) in [7, 11) is 1.90. The molecule has 0 radical (unpaired) electrons. The molecule has 0 fully saturated rings. The van der Waals surface area contributed by atoms with E-state index in [-0.39, 0.29) is 0 Å². The Morgan fingerprint density at radius 2 is 2.32 bits per heavy atom. The number of aryl methyl sites for hydroxylation is 1. The van der Waals surface area contributed by atoms with Crippen molar-refractivity contribution in [3.63, 3.8) is 0 Å². The predicted molar refractivity (Wildman–Crippen MR) is 82.7 cm³/mol. The number of aromatic nitrogens is 2. The maximum Gasteiger partial charge on any atom is 0.107 e. The minimum absolute atomic E-state index is 0.300. The zero-order valence-corrected chi connectivity index (χ0v) is 12.1. The zero-order chi connectivity index (χ0) is 13.8. The predicted octanol–water partition coefficient (Wildman–Crippen LogP) is 2.36. The van der Waals surface area contributed by atoms with Gasteiger partial charge in [0.15, 0.2) is 0 Å². The Labute approximate surface area is 122 Å². The van der Waals surface area contributed by atoms with Crippen LogP contribution in [0.1, 0.15) is 11.1 Å². The van der Waals surface area contributed by atoms with Crippen molar-refractivity contribution < 1.29 is 0 Å². The van der Waals surface area contributed by atoms with Crippen LogP contribution in [0.4, 0.5) is 5.69 Å². The molecule has 1 aromatic carbocycles. The van der Waals surface area contributed by atoms with Crippen LogP contribution in [0.3, 0.4) is 0 Å². The highest BCUT2D eigenvalue weighted by molar-refractivity contribution is 7.80. The Hall–Kier alpha value is -1.59. The molecule has 2 rings (SSSR count). The van der Waals surface area contributed by atoms with Gasteiger partial charge in [0.05, 0.1) is 16.8 Å². The van der Waals surface area contributed by atoms with Crippen LogP contribution < -0.4 is 11.1 Å². The van der Waals surface area contributed by atoms with Gasteiger partial charge in [0.2, 0.25) is 0 Å². The van der Waals surface area contributed by atoms with E-state index < -0.39 is 0 Å². The minimum Gasteiger partial charge on any atom is -0.389 e. The Morgan fingerprint density at radius 1 is 1.53 bits per heavy atom. The summed E-state index contributed by atoms with van der Waals surface area (Å²) in [5, 5.41) is 8.00.